The third kappa shape index (κ3) is 3.84. The molecule has 27 heavy (non-hydrogen) atoms. The summed E-state index contributed by atoms with van der Waals surface area (Å²) in [6.07, 6.45) is 2.78. The van der Waals surface area contributed by atoms with E-state index in [9.17, 15) is 14.7 Å². The summed E-state index contributed by atoms with van der Waals surface area (Å²) in [5.41, 5.74) is -0.119. The number of nitrogens with zero attached hydrogens (tertiary/aromatic N) is 2. The van der Waals surface area contributed by atoms with E-state index in [1.165, 1.54) is 6.20 Å². The van der Waals surface area contributed by atoms with Gasteiger partial charge in [-0.3, -0.25) is 9.59 Å². The molecule has 2 aliphatic rings. The average molecular weight is 390 g/mol. The van der Waals surface area contributed by atoms with Gasteiger partial charge in [0.25, 0.3) is 11.5 Å². The second-order valence-corrected chi connectivity index (χ2v) is 7.62. The lowest BCUT2D eigenvalue weighted by molar-refractivity contribution is -0.0231. The Hall–Kier alpha value is -2.38. The molecule has 2 aromatic rings. The van der Waals surface area contributed by atoms with Gasteiger partial charge in [-0.15, -0.1) is 0 Å². The van der Waals surface area contributed by atoms with E-state index in [-0.39, 0.29) is 35.1 Å². The highest BCUT2D eigenvalue weighted by Crippen LogP contribution is 2.38. The van der Waals surface area contributed by atoms with Gasteiger partial charge in [0.1, 0.15) is 17.5 Å². The van der Waals surface area contributed by atoms with Crippen LogP contribution in [0.4, 0.5) is 0 Å². The van der Waals surface area contributed by atoms with Gasteiger partial charge in [0.2, 0.25) is 0 Å². The third-order valence-electron chi connectivity index (χ3n) is 5.35. The largest absolute Gasteiger partial charge is 0.488 e. The van der Waals surface area contributed by atoms with Crippen LogP contribution in [0, 0.1) is 11.8 Å². The Labute approximate surface area is 160 Å². The number of aliphatic hydroxyl groups is 1. The number of aromatic amines is 1. The summed E-state index contributed by atoms with van der Waals surface area (Å²) in [5, 5.41) is 11.1. The lowest BCUT2D eigenvalue weighted by Crippen LogP contribution is -2.42. The van der Waals surface area contributed by atoms with Crippen LogP contribution in [0.25, 0.3) is 0 Å². The van der Waals surface area contributed by atoms with Crippen LogP contribution in [0.2, 0.25) is 5.02 Å². The summed E-state index contributed by atoms with van der Waals surface area (Å²) < 4.78 is 5.96. The Balaban J connectivity index is 1.43. The minimum atomic E-state index is -0.591. The van der Waals surface area contributed by atoms with E-state index in [4.69, 9.17) is 16.3 Å². The molecule has 2 N–H and O–H groups in total. The lowest BCUT2D eigenvalue weighted by Gasteiger charge is -2.35. The van der Waals surface area contributed by atoms with Gasteiger partial charge < -0.3 is 19.7 Å². The van der Waals surface area contributed by atoms with Crippen molar-refractivity contribution in [3.05, 3.63) is 57.7 Å². The summed E-state index contributed by atoms with van der Waals surface area (Å²) in [7, 11) is 0. The molecule has 2 fully saturated rings. The topological polar surface area (TPSA) is 95.5 Å². The molecule has 1 saturated heterocycles. The van der Waals surface area contributed by atoms with Gasteiger partial charge in [-0.25, -0.2) is 4.98 Å². The summed E-state index contributed by atoms with van der Waals surface area (Å²) >= 11 is 6.00. The molecule has 1 aromatic heterocycles. The number of likely N-dealkylation sites (tertiary alicyclic amines) is 1. The molecular formula is C19H20ClN3O4. The number of carbonyl (C=O) groups excluding carboxylic acids is 1. The van der Waals surface area contributed by atoms with Crippen LogP contribution in [0.3, 0.4) is 0 Å². The van der Waals surface area contributed by atoms with Gasteiger partial charge in [-0.2, -0.15) is 0 Å². The van der Waals surface area contributed by atoms with E-state index in [0.29, 0.717) is 36.7 Å². The lowest BCUT2D eigenvalue weighted by atomic mass is 9.78. The number of hydrogen-bond donors (Lipinski definition) is 2. The fraction of sp³-hybridized carbons (Fsp3) is 0.421. The minimum absolute atomic E-state index is 0.206. The SMILES string of the molecule is O=C(c1c[nH]c(=O)cn1)N1C[C@H]2C[C@@H](Oc3cccc(Cl)c3)[C@H](O)C[C@H]2C1. The van der Waals surface area contributed by atoms with Crippen LogP contribution in [-0.4, -0.2) is 51.2 Å². The fourth-order valence-electron chi connectivity index (χ4n) is 4.02. The molecule has 1 aliphatic carbocycles. The quantitative estimate of drug-likeness (QED) is 0.833. The second-order valence-electron chi connectivity index (χ2n) is 7.18. The van der Waals surface area contributed by atoms with Crippen molar-refractivity contribution in [3.63, 3.8) is 0 Å². The molecule has 7 nitrogen and oxygen atoms in total. The van der Waals surface area contributed by atoms with Gasteiger partial charge >= 0.3 is 0 Å². The maximum atomic E-state index is 12.6. The monoisotopic (exact) mass is 389 g/mol. The first kappa shape index (κ1) is 18.0. The third-order valence-corrected chi connectivity index (χ3v) is 5.58. The molecule has 4 atom stereocenters. The van der Waals surface area contributed by atoms with Crippen molar-refractivity contribution in [3.8, 4) is 5.75 Å². The smallest absolute Gasteiger partial charge is 0.273 e. The molecule has 0 spiro atoms. The molecule has 1 amide bonds. The number of aliphatic hydroxyl groups excluding tert-OH is 1. The number of nitrogens with one attached hydrogen (secondary N) is 1. The van der Waals surface area contributed by atoms with Crippen LogP contribution < -0.4 is 10.3 Å². The second kappa shape index (κ2) is 7.32. The number of aromatic nitrogens is 2. The van der Waals surface area contributed by atoms with Gasteiger partial charge in [0.05, 0.1) is 12.3 Å². The Kier molecular flexibility index (Phi) is 4.88. The van der Waals surface area contributed by atoms with Crippen molar-refractivity contribution >= 4 is 17.5 Å². The first-order chi connectivity index (χ1) is 13.0. The van der Waals surface area contributed by atoms with Crippen LogP contribution in [0.5, 0.6) is 5.75 Å². The number of halogens is 1. The molecule has 0 radical (unpaired) electrons. The maximum absolute atomic E-state index is 12.6. The first-order valence-corrected chi connectivity index (χ1v) is 9.31. The summed E-state index contributed by atoms with van der Waals surface area (Å²) in [6, 6.07) is 7.12. The predicted molar refractivity (Wildman–Crippen MR) is 98.9 cm³/mol. The van der Waals surface area contributed by atoms with Crippen LogP contribution in [0.1, 0.15) is 23.3 Å². The van der Waals surface area contributed by atoms with Gasteiger partial charge in [-0.1, -0.05) is 17.7 Å². The molecule has 4 rings (SSSR count). The Bertz CT molecular complexity index is 882. The number of carbonyl (C=O) groups is 1. The fourth-order valence-corrected chi connectivity index (χ4v) is 4.20. The number of amides is 1. The van der Waals surface area contributed by atoms with E-state index in [1.807, 2.05) is 12.1 Å². The summed E-state index contributed by atoms with van der Waals surface area (Å²) in [4.78, 5) is 31.9. The van der Waals surface area contributed by atoms with Crippen molar-refractivity contribution in [1.82, 2.24) is 14.9 Å². The Morgan fingerprint density at radius 3 is 2.78 bits per heavy atom. The maximum Gasteiger partial charge on any atom is 0.273 e. The van der Waals surface area contributed by atoms with E-state index >= 15 is 0 Å². The zero-order valence-corrected chi connectivity index (χ0v) is 15.3. The number of hydrogen-bond acceptors (Lipinski definition) is 5. The number of rotatable bonds is 3. The van der Waals surface area contributed by atoms with Crippen molar-refractivity contribution in [2.45, 2.75) is 25.0 Å². The number of benzene rings is 1. The predicted octanol–water partition coefficient (Wildman–Crippen LogP) is 1.71. The molecule has 1 aliphatic heterocycles. The number of H-pyrrole nitrogens is 1. The van der Waals surface area contributed by atoms with Gasteiger partial charge in [0, 0.05) is 24.3 Å². The molecule has 142 valence electrons. The van der Waals surface area contributed by atoms with Crippen LogP contribution >= 0.6 is 11.6 Å². The molecule has 1 aromatic carbocycles. The molecule has 0 unspecified atom stereocenters. The molecule has 8 heteroatoms. The van der Waals surface area contributed by atoms with Crippen molar-refractivity contribution in [2.24, 2.45) is 11.8 Å². The average Bonchev–Trinajstić information content (AvgIpc) is 3.05. The Morgan fingerprint density at radius 2 is 2.07 bits per heavy atom. The first-order valence-electron chi connectivity index (χ1n) is 8.94. The normalized spacial score (nSPS) is 27.3. The van der Waals surface area contributed by atoms with Crippen molar-refractivity contribution in [2.75, 3.05) is 13.1 Å². The zero-order valence-electron chi connectivity index (χ0n) is 14.5. The van der Waals surface area contributed by atoms with Gasteiger partial charge in [-0.05, 0) is 42.9 Å². The molecular weight excluding hydrogens is 370 g/mol. The highest BCUT2D eigenvalue weighted by molar-refractivity contribution is 6.30. The minimum Gasteiger partial charge on any atom is -0.488 e. The van der Waals surface area contributed by atoms with Gasteiger partial charge in [0.15, 0.2) is 0 Å². The number of ether oxygens (including phenoxy) is 1. The molecule has 1 saturated carbocycles. The highest BCUT2D eigenvalue weighted by atomic mass is 35.5. The van der Waals surface area contributed by atoms with Crippen LogP contribution in [0.15, 0.2) is 41.5 Å². The highest BCUT2D eigenvalue weighted by Gasteiger charge is 2.44. The molecule has 0 bridgehead atoms. The number of fused-ring (bicyclic) bond motifs is 1. The zero-order chi connectivity index (χ0) is 19.0. The van der Waals surface area contributed by atoms with Crippen molar-refractivity contribution < 1.29 is 14.6 Å². The van der Waals surface area contributed by atoms with E-state index in [1.54, 1.807) is 17.0 Å². The van der Waals surface area contributed by atoms with E-state index < -0.39 is 6.10 Å². The summed E-state index contributed by atoms with van der Waals surface area (Å²) in [5.74, 6) is 0.908. The standard InChI is InChI=1S/C19H20ClN3O4/c20-13-2-1-3-14(6-13)27-17-5-12-10-23(9-11(12)4-16(17)24)19(26)15-7-22-18(25)8-21-15/h1-3,6-8,11-12,16-17,24H,4-5,9-10H2,(H,22,25)/t11-,12+,16+,17+/m0/s1. The summed E-state index contributed by atoms with van der Waals surface area (Å²) in [6.45, 7) is 1.16. The van der Waals surface area contributed by atoms with E-state index in [2.05, 4.69) is 9.97 Å². The van der Waals surface area contributed by atoms with E-state index in [0.717, 1.165) is 6.20 Å². The Morgan fingerprint density at radius 1 is 1.30 bits per heavy atom. The van der Waals surface area contributed by atoms with Crippen LogP contribution in [-0.2, 0) is 0 Å². The van der Waals surface area contributed by atoms with Crippen molar-refractivity contribution in [1.29, 1.82) is 0 Å². The molecule has 2 heterocycles.